The first-order valence-corrected chi connectivity index (χ1v) is 6.24. The minimum atomic E-state index is 0.227. The Morgan fingerprint density at radius 2 is 1.75 bits per heavy atom. The molecule has 20 heavy (non-hydrogen) atoms. The quantitative estimate of drug-likeness (QED) is 0.784. The van der Waals surface area contributed by atoms with Crippen LogP contribution in [0.4, 0.5) is 0 Å². The number of aromatic hydroxyl groups is 1. The topological polar surface area (TPSA) is 55.5 Å². The minimum Gasteiger partial charge on any atom is -0.508 e. The van der Waals surface area contributed by atoms with Gasteiger partial charge in [0.05, 0.1) is 0 Å². The van der Waals surface area contributed by atoms with Gasteiger partial charge in [-0.1, -0.05) is 23.4 Å². The molecule has 1 aromatic heterocycles. The number of aromatic nitrogens is 1. The molecule has 0 fully saturated rings. The number of ether oxygens (including phenoxy) is 1. The molecule has 100 valence electrons. The van der Waals surface area contributed by atoms with Crippen LogP contribution in [0.3, 0.4) is 0 Å². The van der Waals surface area contributed by atoms with Crippen LogP contribution in [-0.4, -0.2) is 10.3 Å². The molecule has 0 atom stereocenters. The highest BCUT2D eigenvalue weighted by molar-refractivity contribution is 5.59. The maximum absolute atomic E-state index is 9.26. The maximum atomic E-state index is 9.26. The Balaban J connectivity index is 1.69. The van der Waals surface area contributed by atoms with Gasteiger partial charge < -0.3 is 14.4 Å². The van der Waals surface area contributed by atoms with Gasteiger partial charge in [-0.2, -0.15) is 0 Å². The van der Waals surface area contributed by atoms with Crippen molar-refractivity contribution < 1.29 is 14.4 Å². The second-order valence-corrected chi connectivity index (χ2v) is 4.33. The summed E-state index contributed by atoms with van der Waals surface area (Å²) in [6.45, 7) is 0.328. The van der Waals surface area contributed by atoms with E-state index in [1.165, 1.54) is 0 Å². The van der Waals surface area contributed by atoms with E-state index in [4.69, 9.17) is 9.26 Å². The molecule has 0 aliphatic rings. The van der Waals surface area contributed by atoms with E-state index in [9.17, 15) is 5.11 Å². The van der Waals surface area contributed by atoms with E-state index in [-0.39, 0.29) is 5.75 Å². The van der Waals surface area contributed by atoms with Gasteiger partial charge in [-0.15, -0.1) is 0 Å². The van der Waals surface area contributed by atoms with Crippen molar-refractivity contribution in [3.63, 3.8) is 0 Å². The summed E-state index contributed by atoms with van der Waals surface area (Å²) in [7, 11) is 0. The van der Waals surface area contributed by atoms with E-state index in [0.29, 0.717) is 12.4 Å². The van der Waals surface area contributed by atoms with Crippen LogP contribution < -0.4 is 4.74 Å². The third-order valence-corrected chi connectivity index (χ3v) is 2.85. The molecule has 0 radical (unpaired) electrons. The van der Waals surface area contributed by atoms with E-state index in [0.717, 1.165) is 17.0 Å². The highest BCUT2D eigenvalue weighted by Crippen LogP contribution is 2.22. The molecule has 0 saturated carbocycles. The zero-order chi connectivity index (χ0) is 13.8. The first-order chi connectivity index (χ1) is 9.81. The molecule has 0 aliphatic carbocycles. The smallest absolute Gasteiger partial charge is 0.174 e. The normalized spacial score (nSPS) is 10.4. The molecule has 4 heteroatoms. The average Bonchev–Trinajstić information content (AvgIpc) is 2.96. The lowest BCUT2D eigenvalue weighted by atomic mass is 10.1. The van der Waals surface area contributed by atoms with Crippen molar-refractivity contribution in [3.8, 4) is 22.8 Å². The van der Waals surface area contributed by atoms with Crippen molar-refractivity contribution in [2.75, 3.05) is 0 Å². The Morgan fingerprint density at radius 3 is 2.50 bits per heavy atom. The second kappa shape index (κ2) is 5.48. The predicted octanol–water partition coefficient (Wildman–Crippen LogP) is 3.63. The third kappa shape index (κ3) is 2.80. The summed E-state index contributed by atoms with van der Waals surface area (Å²) >= 11 is 0. The van der Waals surface area contributed by atoms with E-state index in [2.05, 4.69) is 5.16 Å². The number of phenols is 1. The summed E-state index contributed by atoms with van der Waals surface area (Å²) in [5, 5.41) is 13.2. The van der Waals surface area contributed by atoms with Gasteiger partial charge in [0.25, 0.3) is 0 Å². The monoisotopic (exact) mass is 267 g/mol. The first kappa shape index (κ1) is 12.3. The van der Waals surface area contributed by atoms with Gasteiger partial charge in [-0.25, -0.2) is 0 Å². The lowest BCUT2D eigenvalue weighted by molar-refractivity contribution is 0.249. The van der Waals surface area contributed by atoms with Crippen LogP contribution in [0.1, 0.15) is 5.76 Å². The Labute approximate surface area is 116 Å². The number of rotatable bonds is 4. The van der Waals surface area contributed by atoms with Crippen LogP contribution >= 0.6 is 0 Å². The summed E-state index contributed by atoms with van der Waals surface area (Å²) in [4.78, 5) is 0. The number of hydrogen-bond donors (Lipinski definition) is 1. The molecule has 0 amide bonds. The van der Waals surface area contributed by atoms with Crippen molar-refractivity contribution in [2.45, 2.75) is 6.61 Å². The molecule has 3 aromatic rings. The summed E-state index contributed by atoms with van der Waals surface area (Å²) in [6, 6.07) is 18.2. The predicted molar refractivity (Wildman–Crippen MR) is 74.4 cm³/mol. The fourth-order valence-electron chi connectivity index (χ4n) is 1.82. The van der Waals surface area contributed by atoms with Crippen molar-refractivity contribution in [2.24, 2.45) is 0 Å². The van der Waals surface area contributed by atoms with Gasteiger partial charge >= 0.3 is 0 Å². The highest BCUT2D eigenvalue weighted by Gasteiger charge is 2.07. The lowest BCUT2D eigenvalue weighted by Crippen LogP contribution is -1.92. The molecule has 0 saturated heterocycles. The Hall–Kier alpha value is -2.75. The van der Waals surface area contributed by atoms with E-state index in [1.807, 2.05) is 36.4 Å². The summed E-state index contributed by atoms with van der Waals surface area (Å²) < 4.78 is 10.8. The van der Waals surface area contributed by atoms with Crippen molar-refractivity contribution >= 4 is 0 Å². The molecule has 1 N–H and O–H groups in total. The molecular formula is C16H13NO3. The molecule has 0 aliphatic heterocycles. The zero-order valence-corrected chi connectivity index (χ0v) is 10.7. The van der Waals surface area contributed by atoms with E-state index >= 15 is 0 Å². The lowest BCUT2D eigenvalue weighted by Gasteiger charge is -2.01. The Morgan fingerprint density at radius 1 is 1.00 bits per heavy atom. The van der Waals surface area contributed by atoms with Gasteiger partial charge in [0.15, 0.2) is 5.76 Å². The van der Waals surface area contributed by atoms with Crippen LogP contribution in [0.25, 0.3) is 11.3 Å². The van der Waals surface area contributed by atoms with Crippen LogP contribution in [-0.2, 0) is 6.61 Å². The molecular weight excluding hydrogens is 254 g/mol. The minimum absolute atomic E-state index is 0.227. The Bertz CT molecular complexity index is 674. The SMILES string of the molecule is Oc1ccc(-c2cc(COc3ccccc3)on2)cc1. The van der Waals surface area contributed by atoms with Crippen molar-refractivity contribution in [1.29, 1.82) is 0 Å². The average molecular weight is 267 g/mol. The van der Waals surface area contributed by atoms with Gasteiger partial charge in [0.1, 0.15) is 23.8 Å². The zero-order valence-electron chi connectivity index (χ0n) is 10.7. The molecule has 2 aromatic carbocycles. The third-order valence-electron chi connectivity index (χ3n) is 2.85. The van der Waals surface area contributed by atoms with Gasteiger partial charge in [-0.3, -0.25) is 0 Å². The molecule has 4 nitrogen and oxygen atoms in total. The number of para-hydroxylation sites is 1. The number of phenolic OH excluding ortho intramolecular Hbond substituents is 1. The Kier molecular flexibility index (Phi) is 3.37. The second-order valence-electron chi connectivity index (χ2n) is 4.33. The molecule has 0 unspecified atom stereocenters. The van der Waals surface area contributed by atoms with Crippen molar-refractivity contribution in [3.05, 3.63) is 66.4 Å². The fourth-order valence-corrected chi connectivity index (χ4v) is 1.82. The number of nitrogens with zero attached hydrogens (tertiary/aromatic N) is 1. The van der Waals surface area contributed by atoms with Gasteiger partial charge in [0, 0.05) is 11.6 Å². The standard InChI is InChI=1S/C16H13NO3/c18-13-8-6-12(7-9-13)16-10-15(20-17-16)11-19-14-4-2-1-3-5-14/h1-10,18H,11H2. The van der Waals surface area contributed by atoms with E-state index < -0.39 is 0 Å². The largest absolute Gasteiger partial charge is 0.508 e. The van der Waals surface area contributed by atoms with Crippen LogP contribution in [0.5, 0.6) is 11.5 Å². The summed E-state index contributed by atoms with van der Waals surface area (Å²) in [6.07, 6.45) is 0. The first-order valence-electron chi connectivity index (χ1n) is 6.24. The molecule has 0 bridgehead atoms. The van der Waals surface area contributed by atoms with Crippen LogP contribution in [0, 0.1) is 0 Å². The van der Waals surface area contributed by atoms with Crippen LogP contribution in [0.2, 0.25) is 0 Å². The summed E-state index contributed by atoms with van der Waals surface area (Å²) in [5.41, 5.74) is 1.61. The summed E-state index contributed by atoms with van der Waals surface area (Å²) in [5.74, 6) is 1.66. The van der Waals surface area contributed by atoms with E-state index in [1.54, 1.807) is 24.3 Å². The molecule has 3 rings (SSSR count). The fraction of sp³-hybridized carbons (Fsp3) is 0.0625. The van der Waals surface area contributed by atoms with Gasteiger partial charge in [-0.05, 0) is 36.4 Å². The number of benzene rings is 2. The van der Waals surface area contributed by atoms with Gasteiger partial charge in [0.2, 0.25) is 0 Å². The van der Waals surface area contributed by atoms with Crippen molar-refractivity contribution in [1.82, 2.24) is 5.16 Å². The molecule has 1 heterocycles. The molecule has 0 spiro atoms. The highest BCUT2D eigenvalue weighted by atomic mass is 16.5. The maximum Gasteiger partial charge on any atom is 0.174 e. The number of hydrogen-bond acceptors (Lipinski definition) is 4. The van der Waals surface area contributed by atoms with Crippen LogP contribution in [0.15, 0.2) is 65.2 Å².